The van der Waals surface area contributed by atoms with Gasteiger partial charge in [0.2, 0.25) is 0 Å². The Bertz CT molecular complexity index is 549. The smallest absolute Gasteiger partial charge is 0.0965 e. The lowest BCUT2D eigenvalue weighted by Gasteiger charge is -2.27. The molecule has 0 amide bonds. The van der Waals surface area contributed by atoms with Gasteiger partial charge in [-0.15, -0.1) is 11.3 Å². The van der Waals surface area contributed by atoms with E-state index in [0.29, 0.717) is 0 Å². The number of aliphatic hydroxyl groups excluding tert-OH is 1. The van der Waals surface area contributed by atoms with Gasteiger partial charge in [0.1, 0.15) is 0 Å². The Balaban J connectivity index is 1.94. The van der Waals surface area contributed by atoms with Crippen LogP contribution in [-0.4, -0.2) is 10.1 Å². The Morgan fingerprint density at radius 1 is 1.39 bits per heavy atom. The summed E-state index contributed by atoms with van der Waals surface area (Å²) in [5, 5.41) is 10.6. The lowest BCUT2D eigenvalue weighted by atomic mass is 9.83. The zero-order valence-electron chi connectivity index (χ0n) is 10.5. The van der Waals surface area contributed by atoms with E-state index in [9.17, 15) is 5.11 Å². The molecule has 2 atom stereocenters. The third-order valence-corrected chi connectivity index (χ3v) is 4.74. The molecule has 0 radical (unpaired) electrons. The third-order valence-electron chi connectivity index (χ3n) is 3.67. The minimum absolute atomic E-state index is 0.160. The van der Waals surface area contributed by atoms with Crippen molar-refractivity contribution in [1.82, 2.24) is 4.98 Å². The fraction of sp³-hybridized carbons (Fsp3) is 0.400. The van der Waals surface area contributed by atoms with E-state index in [4.69, 9.17) is 0 Å². The van der Waals surface area contributed by atoms with Gasteiger partial charge < -0.3 is 5.11 Å². The van der Waals surface area contributed by atoms with Crippen LogP contribution in [0.1, 0.15) is 45.9 Å². The molecule has 2 aromatic heterocycles. The molecule has 1 N–H and O–H groups in total. The summed E-state index contributed by atoms with van der Waals surface area (Å²) < 4.78 is 0. The maximum atomic E-state index is 10.6. The first kappa shape index (κ1) is 11.9. The average Bonchev–Trinajstić information content (AvgIpc) is 2.84. The van der Waals surface area contributed by atoms with Crippen LogP contribution in [0.15, 0.2) is 30.5 Å². The Labute approximate surface area is 111 Å². The Hall–Kier alpha value is -1.19. The molecule has 3 heteroatoms. The van der Waals surface area contributed by atoms with Crippen molar-refractivity contribution in [3.05, 3.63) is 51.5 Å². The van der Waals surface area contributed by atoms with E-state index < -0.39 is 6.10 Å². The first-order chi connectivity index (χ1) is 8.75. The largest absolute Gasteiger partial charge is 0.387 e. The molecule has 2 unspecified atom stereocenters. The number of rotatable bonds is 2. The van der Waals surface area contributed by atoms with Crippen LogP contribution in [0.4, 0.5) is 0 Å². The molecule has 2 aromatic rings. The molecule has 0 aliphatic heterocycles. The molecule has 3 rings (SSSR count). The molecule has 2 nitrogen and oxygen atoms in total. The van der Waals surface area contributed by atoms with E-state index in [0.717, 1.165) is 29.8 Å². The number of thiophene rings is 1. The van der Waals surface area contributed by atoms with Crippen molar-refractivity contribution in [2.45, 2.75) is 38.2 Å². The zero-order chi connectivity index (χ0) is 12.5. The number of pyridine rings is 1. The van der Waals surface area contributed by atoms with Gasteiger partial charge in [0.15, 0.2) is 0 Å². The third kappa shape index (κ3) is 2.08. The van der Waals surface area contributed by atoms with Crippen LogP contribution in [0.3, 0.4) is 0 Å². The van der Waals surface area contributed by atoms with E-state index in [1.165, 1.54) is 10.4 Å². The number of hydrogen-bond donors (Lipinski definition) is 1. The molecule has 18 heavy (non-hydrogen) atoms. The number of aromatic nitrogens is 1. The number of fused-ring (bicyclic) bond motifs is 1. The second kappa shape index (κ2) is 4.82. The SMILES string of the molecule is Cc1ccc(C(O)C2CCCc3cccnc32)s1. The summed E-state index contributed by atoms with van der Waals surface area (Å²) in [6, 6.07) is 8.25. The quantitative estimate of drug-likeness (QED) is 0.893. The predicted molar refractivity (Wildman–Crippen MR) is 73.9 cm³/mol. The van der Waals surface area contributed by atoms with Crippen LogP contribution >= 0.6 is 11.3 Å². The van der Waals surface area contributed by atoms with E-state index in [1.54, 1.807) is 11.3 Å². The van der Waals surface area contributed by atoms with E-state index in [-0.39, 0.29) is 5.92 Å². The predicted octanol–water partition coefficient (Wildman–Crippen LogP) is 3.61. The van der Waals surface area contributed by atoms with Crippen LogP contribution < -0.4 is 0 Å². The van der Waals surface area contributed by atoms with Crippen molar-refractivity contribution in [2.75, 3.05) is 0 Å². The molecule has 0 saturated heterocycles. The van der Waals surface area contributed by atoms with Crippen LogP contribution in [0.25, 0.3) is 0 Å². The van der Waals surface area contributed by atoms with Crippen molar-refractivity contribution in [1.29, 1.82) is 0 Å². The van der Waals surface area contributed by atoms with E-state index in [2.05, 4.69) is 24.0 Å². The molecule has 1 aliphatic rings. The highest BCUT2D eigenvalue weighted by atomic mass is 32.1. The molecule has 94 valence electrons. The number of aliphatic hydroxyl groups is 1. The lowest BCUT2D eigenvalue weighted by molar-refractivity contribution is 0.137. The zero-order valence-corrected chi connectivity index (χ0v) is 11.3. The van der Waals surface area contributed by atoms with E-state index >= 15 is 0 Å². The molecule has 0 fully saturated rings. The molecule has 0 aromatic carbocycles. The van der Waals surface area contributed by atoms with Crippen molar-refractivity contribution in [3.63, 3.8) is 0 Å². The summed E-state index contributed by atoms with van der Waals surface area (Å²) >= 11 is 1.69. The second-order valence-electron chi connectivity index (χ2n) is 4.94. The maximum Gasteiger partial charge on any atom is 0.0965 e. The van der Waals surface area contributed by atoms with Gasteiger partial charge in [0.25, 0.3) is 0 Å². The second-order valence-corrected chi connectivity index (χ2v) is 6.26. The molecule has 0 bridgehead atoms. The fourth-order valence-corrected chi connectivity index (χ4v) is 3.69. The fourth-order valence-electron chi connectivity index (χ4n) is 2.76. The van der Waals surface area contributed by atoms with Crippen molar-refractivity contribution < 1.29 is 5.11 Å². The summed E-state index contributed by atoms with van der Waals surface area (Å²) in [5.74, 6) is 0.160. The van der Waals surface area contributed by atoms with Gasteiger partial charge in [-0.2, -0.15) is 0 Å². The topological polar surface area (TPSA) is 33.1 Å². The summed E-state index contributed by atoms with van der Waals surface area (Å²) in [7, 11) is 0. The molecule has 1 aliphatic carbocycles. The maximum absolute atomic E-state index is 10.6. The molecule has 2 heterocycles. The van der Waals surface area contributed by atoms with Gasteiger partial charge in [-0.25, -0.2) is 0 Å². The van der Waals surface area contributed by atoms with Crippen molar-refractivity contribution in [3.8, 4) is 0 Å². The summed E-state index contributed by atoms with van der Waals surface area (Å²) in [6.45, 7) is 2.08. The number of nitrogens with zero attached hydrogens (tertiary/aromatic N) is 1. The first-order valence-electron chi connectivity index (χ1n) is 6.44. The number of aryl methyl sites for hydroxylation is 2. The molecular formula is C15H17NOS. The van der Waals surface area contributed by atoms with Crippen LogP contribution in [0, 0.1) is 6.92 Å². The lowest BCUT2D eigenvalue weighted by Crippen LogP contribution is -2.17. The minimum atomic E-state index is -0.405. The van der Waals surface area contributed by atoms with Crippen LogP contribution in [0.2, 0.25) is 0 Å². The Morgan fingerprint density at radius 2 is 2.28 bits per heavy atom. The monoisotopic (exact) mass is 259 g/mol. The summed E-state index contributed by atoms with van der Waals surface area (Å²) in [4.78, 5) is 6.82. The van der Waals surface area contributed by atoms with Gasteiger partial charge in [-0.1, -0.05) is 6.07 Å². The molecule has 0 spiro atoms. The molecule has 0 saturated carbocycles. The summed E-state index contributed by atoms with van der Waals surface area (Å²) in [5.41, 5.74) is 2.41. The molecular weight excluding hydrogens is 242 g/mol. The average molecular weight is 259 g/mol. The van der Waals surface area contributed by atoms with Gasteiger partial charge >= 0.3 is 0 Å². The highest BCUT2D eigenvalue weighted by Crippen LogP contribution is 2.40. The Morgan fingerprint density at radius 3 is 3.06 bits per heavy atom. The number of hydrogen-bond acceptors (Lipinski definition) is 3. The van der Waals surface area contributed by atoms with E-state index in [1.807, 2.05) is 18.3 Å². The summed E-state index contributed by atoms with van der Waals surface area (Å²) in [6.07, 6.45) is 4.70. The highest BCUT2D eigenvalue weighted by molar-refractivity contribution is 7.12. The van der Waals surface area contributed by atoms with Gasteiger partial charge in [-0.05, 0) is 49.9 Å². The van der Waals surface area contributed by atoms with Crippen molar-refractivity contribution in [2.24, 2.45) is 0 Å². The van der Waals surface area contributed by atoms with Gasteiger partial charge in [-0.3, -0.25) is 4.98 Å². The van der Waals surface area contributed by atoms with Crippen molar-refractivity contribution >= 4 is 11.3 Å². The normalized spacial score (nSPS) is 20.4. The first-order valence-corrected chi connectivity index (χ1v) is 7.25. The van der Waals surface area contributed by atoms with Gasteiger partial charge in [0, 0.05) is 27.6 Å². The van der Waals surface area contributed by atoms with Crippen LogP contribution in [-0.2, 0) is 6.42 Å². The Kier molecular flexibility index (Phi) is 3.18. The van der Waals surface area contributed by atoms with Gasteiger partial charge in [0.05, 0.1) is 6.10 Å². The minimum Gasteiger partial charge on any atom is -0.387 e. The highest BCUT2D eigenvalue weighted by Gasteiger charge is 2.29. The van der Waals surface area contributed by atoms with Crippen LogP contribution in [0.5, 0.6) is 0 Å². The standard InChI is InChI=1S/C15H17NOS/c1-10-7-8-13(18-10)15(17)12-6-2-4-11-5-3-9-16-14(11)12/h3,5,7-9,12,15,17H,2,4,6H2,1H3.